The topological polar surface area (TPSA) is 104 Å². The van der Waals surface area contributed by atoms with Crippen molar-refractivity contribution in [2.75, 3.05) is 0 Å². The van der Waals surface area contributed by atoms with E-state index in [1.165, 1.54) is 12.1 Å². The van der Waals surface area contributed by atoms with Gasteiger partial charge in [-0.05, 0) is 17.2 Å². The van der Waals surface area contributed by atoms with E-state index in [0.717, 1.165) is 0 Å². The predicted molar refractivity (Wildman–Crippen MR) is 74.5 cm³/mol. The van der Waals surface area contributed by atoms with Crippen molar-refractivity contribution in [2.24, 2.45) is 5.73 Å². The van der Waals surface area contributed by atoms with E-state index in [1.54, 1.807) is 24.3 Å². The molecule has 1 unspecified atom stereocenters. The first-order chi connectivity index (χ1) is 9.50. The second-order valence-electron chi connectivity index (χ2n) is 4.48. The van der Waals surface area contributed by atoms with Gasteiger partial charge in [-0.1, -0.05) is 36.4 Å². The van der Waals surface area contributed by atoms with Crippen LogP contribution in [0.5, 0.6) is 11.5 Å². The minimum atomic E-state index is -1.14. The molecule has 0 amide bonds. The first-order valence-corrected chi connectivity index (χ1v) is 6.08. The van der Waals surface area contributed by atoms with Crippen molar-refractivity contribution in [2.45, 2.75) is 12.5 Å². The highest BCUT2D eigenvalue weighted by Crippen LogP contribution is 2.39. The number of aliphatic carboxylic acids is 1. The molecule has 0 radical (unpaired) electrons. The summed E-state index contributed by atoms with van der Waals surface area (Å²) >= 11 is 0. The molecule has 0 heterocycles. The highest BCUT2D eigenvalue weighted by atomic mass is 16.4. The third kappa shape index (κ3) is 2.73. The summed E-state index contributed by atoms with van der Waals surface area (Å²) in [5.74, 6) is -1.35. The van der Waals surface area contributed by atoms with Crippen LogP contribution in [-0.4, -0.2) is 27.3 Å². The molecule has 0 aliphatic rings. The lowest BCUT2D eigenvalue weighted by Gasteiger charge is -2.13. The zero-order chi connectivity index (χ0) is 14.7. The van der Waals surface area contributed by atoms with Crippen molar-refractivity contribution in [3.8, 4) is 22.6 Å². The Kier molecular flexibility index (Phi) is 3.91. The van der Waals surface area contributed by atoms with Gasteiger partial charge in [-0.15, -0.1) is 0 Å². The lowest BCUT2D eigenvalue weighted by Crippen LogP contribution is -2.32. The molecule has 2 rings (SSSR count). The molecule has 1 atom stereocenters. The molecular weight excluding hydrogens is 258 g/mol. The molecule has 0 spiro atoms. The molecule has 0 aliphatic carbocycles. The molecule has 0 bridgehead atoms. The minimum Gasteiger partial charge on any atom is -0.507 e. The van der Waals surface area contributed by atoms with Crippen LogP contribution in [0.3, 0.4) is 0 Å². The summed E-state index contributed by atoms with van der Waals surface area (Å²) < 4.78 is 0. The molecule has 5 nitrogen and oxygen atoms in total. The van der Waals surface area contributed by atoms with Crippen LogP contribution in [-0.2, 0) is 11.2 Å². The molecular formula is C15H15NO4. The molecule has 20 heavy (non-hydrogen) atoms. The standard InChI is InChI=1S/C15H15NO4/c16-11(15(19)20)8-10-6-7-12(17)13(14(10)18)9-4-2-1-3-5-9/h1-7,11,17-18H,8,16H2,(H,19,20). The van der Waals surface area contributed by atoms with E-state index in [2.05, 4.69) is 0 Å². The van der Waals surface area contributed by atoms with Crippen LogP contribution in [0.25, 0.3) is 11.1 Å². The number of hydrogen-bond acceptors (Lipinski definition) is 4. The van der Waals surface area contributed by atoms with Gasteiger partial charge in [0.25, 0.3) is 0 Å². The number of benzene rings is 2. The van der Waals surface area contributed by atoms with Gasteiger partial charge in [-0.3, -0.25) is 4.79 Å². The van der Waals surface area contributed by atoms with Crippen LogP contribution in [0, 0.1) is 0 Å². The van der Waals surface area contributed by atoms with Gasteiger partial charge < -0.3 is 21.1 Å². The van der Waals surface area contributed by atoms with Gasteiger partial charge in [0, 0.05) is 6.42 Å². The molecule has 0 saturated heterocycles. The highest BCUT2D eigenvalue weighted by Gasteiger charge is 2.18. The maximum atomic E-state index is 10.8. The van der Waals surface area contributed by atoms with E-state index in [1.807, 2.05) is 6.07 Å². The summed E-state index contributed by atoms with van der Waals surface area (Å²) in [6.07, 6.45) is -0.0126. The molecule has 104 valence electrons. The van der Waals surface area contributed by atoms with Crippen LogP contribution in [0.1, 0.15) is 5.56 Å². The Morgan fingerprint density at radius 1 is 1.10 bits per heavy atom. The van der Waals surface area contributed by atoms with Gasteiger partial charge in [0.05, 0.1) is 5.56 Å². The van der Waals surface area contributed by atoms with Crippen molar-refractivity contribution in [3.05, 3.63) is 48.0 Å². The Balaban J connectivity index is 2.46. The molecule has 0 aliphatic heterocycles. The number of nitrogens with two attached hydrogens (primary N) is 1. The van der Waals surface area contributed by atoms with Crippen molar-refractivity contribution >= 4 is 5.97 Å². The number of phenolic OH excluding ortho intramolecular Hbond substituents is 2. The second kappa shape index (κ2) is 5.63. The lowest BCUT2D eigenvalue weighted by molar-refractivity contribution is -0.138. The van der Waals surface area contributed by atoms with Crippen molar-refractivity contribution in [1.29, 1.82) is 0 Å². The van der Waals surface area contributed by atoms with E-state index in [9.17, 15) is 15.0 Å². The SMILES string of the molecule is NC(Cc1ccc(O)c(-c2ccccc2)c1O)C(=O)O. The largest absolute Gasteiger partial charge is 0.507 e. The van der Waals surface area contributed by atoms with Crippen molar-refractivity contribution in [3.63, 3.8) is 0 Å². The Labute approximate surface area is 115 Å². The zero-order valence-corrected chi connectivity index (χ0v) is 10.7. The van der Waals surface area contributed by atoms with Crippen molar-refractivity contribution < 1.29 is 20.1 Å². The summed E-state index contributed by atoms with van der Waals surface area (Å²) in [6.45, 7) is 0. The van der Waals surface area contributed by atoms with Crippen LogP contribution in [0.2, 0.25) is 0 Å². The smallest absolute Gasteiger partial charge is 0.320 e. The van der Waals surface area contributed by atoms with E-state index in [-0.39, 0.29) is 23.5 Å². The summed E-state index contributed by atoms with van der Waals surface area (Å²) in [6, 6.07) is 10.7. The minimum absolute atomic E-state index is 0.0126. The van der Waals surface area contributed by atoms with Crippen LogP contribution in [0.4, 0.5) is 0 Å². The average Bonchev–Trinajstić information content (AvgIpc) is 2.43. The average molecular weight is 273 g/mol. The fourth-order valence-electron chi connectivity index (χ4n) is 2.00. The van der Waals surface area contributed by atoms with Gasteiger partial charge >= 0.3 is 5.97 Å². The predicted octanol–water partition coefficient (Wildman–Crippen LogP) is 1.72. The van der Waals surface area contributed by atoms with E-state index < -0.39 is 12.0 Å². The van der Waals surface area contributed by atoms with Gasteiger partial charge in [-0.25, -0.2) is 0 Å². The van der Waals surface area contributed by atoms with E-state index in [0.29, 0.717) is 11.1 Å². The Bertz CT molecular complexity index is 625. The molecule has 0 saturated carbocycles. The number of rotatable bonds is 4. The van der Waals surface area contributed by atoms with Gasteiger partial charge in [0.2, 0.25) is 0 Å². The van der Waals surface area contributed by atoms with Gasteiger partial charge in [0.15, 0.2) is 0 Å². The van der Waals surface area contributed by atoms with Crippen LogP contribution in [0.15, 0.2) is 42.5 Å². The summed E-state index contributed by atoms with van der Waals surface area (Å²) in [7, 11) is 0. The van der Waals surface area contributed by atoms with Crippen LogP contribution < -0.4 is 5.73 Å². The summed E-state index contributed by atoms with van der Waals surface area (Å²) in [5.41, 5.74) is 6.78. The quantitative estimate of drug-likeness (QED) is 0.679. The monoisotopic (exact) mass is 273 g/mol. The summed E-state index contributed by atoms with van der Waals surface area (Å²) in [5, 5.41) is 29.0. The fraction of sp³-hybridized carbons (Fsp3) is 0.133. The molecule has 0 fully saturated rings. The molecule has 2 aromatic carbocycles. The Morgan fingerprint density at radius 3 is 2.35 bits per heavy atom. The normalized spacial score (nSPS) is 12.1. The van der Waals surface area contributed by atoms with Gasteiger partial charge in [-0.2, -0.15) is 0 Å². The number of aromatic hydroxyl groups is 2. The number of carbonyl (C=O) groups is 1. The molecule has 0 aromatic heterocycles. The molecule has 2 aromatic rings. The third-order valence-electron chi connectivity index (χ3n) is 3.06. The lowest BCUT2D eigenvalue weighted by atomic mass is 9.97. The van der Waals surface area contributed by atoms with Gasteiger partial charge in [0.1, 0.15) is 17.5 Å². The van der Waals surface area contributed by atoms with E-state index in [4.69, 9.17) is 10.8 Å². The molecule has 5 N–H and O–H groups in total. The second-order valence-corrected chi connectivity index (χ2v) is 4.48. The third-order valence-corrected chi connectivity index (χ3v) is 3.06. The Hall–Kier alpha value is -2.53. The number of phenols is 2. The first-order valence-electron chi connectivity index (χ1n) is 6.08. The first kappa shape index (κ1) is 13.9. The number of carboxylic acid groups (broad SMARTS) is 1. The van der Waals surface area contributed by atoms with Crippen LogP contribution >= 0.6 is 0 Å². The fourth-order valence-corrected chi connectivity index (χ4v) is 2.00. The highest BCUT2D eigenvalue weighted by molar-refractivity contribution is 5.79. The van der Waals surface area contributed by atoms with Crippen molar-refractivity contribution in [1.82, 2.24) is 0 Å². The Morgan fingerprint density at radius 2 is 1.75 bits per heavy atom. The number of hydrogen-bond donors (Lipinski definition) is 4. The zero-order valence-electron chi connectivity index (χ0n) is 10.7. The van der Waals surface area contributed by atoms with E-state index >= 15 is 0 Å². The maximum absolute atomic E-state index is 10.8. The number of carboxylic acids is 1. The summed E-state index contributed by atoms with van der Waals surface area (Å²) in [4.78, 5) is 10.8. The maximum Gasteiger partial charge on any atom is 0.320 e. The molecule has 5 heteroatoms.